The average molecular weight is 255 g/mol. The molecule has 2 saturated heterocycles. The zero-order chi connectivity index (χ0) is 13.0. The quantitative estimate of drug-likeness (QED) is 0.761. The van der Waals surface area contributed by atoms with Crippen LogP contribution in [0.15, 0.2) is 0 Å². The molecule has 106 valence electrons. The fourth-order valence-corrected chi connectivity index (χ4v) is 3.57. The minimum Gasteiger partial charge on any atom is -0.381 e. The lowest BCUT2D eigenvalue weighted by atomic mass is 9.97. The molecule has 2 fully saturated rings. The van der Waals surface area contributed by atoms with Crippen molar-refractivity contribution >= 4 is 0 Å². The fraction of sp³-hybridized carbons (Fsp3) is 1.00. The van der Waals surface area contributed by atoms with Gasteiger partial charge in [-0.1, -0.05) is 6.92 Å². The fourth-order valence-electron chi connectivity index (χ4n) is 3.57. The zero-order valence-corrected chi connectivity index (χ0v) is 12.0. The van der Waals surface area contributed by atoms with Crippen molar-refractivity contribution in [1.29, 1.82) is 0 Å². The van der Waals surface area contributed by atoms with Crippen LogP contribution in [0.1, 0.15) is 26.2 Å². The van der Waals surface area contributed by atoms with Gasteiger partial charge in [0.25, 0.3) is 0 Å². The van der Waals surface area contributed by atoms with Gasteiger partial charge in [0, 0.05) is 37.7 Å². The van der Waals surface area contributed by atoms with E-state index >= 15 is 0 Å². The first kappa shape index (κ1) is 14.3. The summed E-state index contributed by atoms with van der Waals surface area (Å²) in [6, 6.07) is 1.23. The Bertz CT molecular complexity index is 243. The maximum atomic E-state index is 5.98. The molecule has 18 heavy (non-hydrogen) atoms. The minimum atomic E-state index is 0.492. The van der Waals surface area contributed by atoms with Crippen molar-refractivity contribution in [3.63, 3.8) is 0 Å². The van der Waals surface area contributed by atoms with E-state index in [1.807, 2.05) is 0 Å². The molecular formula is C14H29N3O. The highest BCUT2D eigenvalue weighted by molar-refractivity contribution is 4.86. The Labute approximate surface area is 111 Å². The summed E-state index contributed by atoms with van der Waals surface area (Å²) in [5.74, 6) is 0.636. The molecule has 0 bridgehead atoms. The van der Waals surface area contributed by atoms with E-state index in [1.165, 1.54) is 32.4 Å². The molecule has 0 saturated carbocycles. The van der Waals surface area contributed by atoms with Crippen molar-refractivity contribution in [3.05, 3.63) is 0 Å². The molecule has 2 aliphatic rings. The van der Waals surface area contributed by atoms with Gasteiger partial charge in [-0.05, 0) is 39.4 Å². The van der Waals surface area contributed by atoms with Crippen LogP contribution in [0, 0.1) is 5.92 Å². The molecule has 0 aliphatic carbocycles. The van der Waals surface area contributed by atoms with Gasteiger partial charge in [-0.3, -0.25) is 4.90 Å². The van der Waals surface area contributed by atoms with Gasteiger partial charge in [-0.15, -0.1) is 0 Å². The SMILES string of the molecule is CCN1CCCC1CN(C)C(CN)C1CCOC1. The molecule has 3 unspecified atom stereocenters. The minimum absolute atomic E-state index is 0.492. The van der Waals surface area contributed by atoms with Crippen LogP contribution in [-0.4, -0.2) is 68.3 Å². The monoisotopic (exact) mass is 255 g/mol. The average Bonchev–Trinajstić information content (AvgIpc) is 3.01. The Balaban J connectivity index is 1.86. The summed E-state index contributed by atoms with van der Waals surface area (Å²) in [6.45, 7) is 8.44. The topological polar surface area (TPSA) is 41.7 Å². The molecule has 2 heterocycles. The Morgan fingerprint density at radius 1 is 1.44 bits per heavy atom. The van der Waals surface area contributed by atoms with Crippen molar-refractivity contribution in [1.82, 2.24) is 9.80 Å². The molecular weight excluding hydrogens is 226 g/mol. The van der Waals surface area contributed by atoms with Crippen molar-refractivity contribution in [2.75, 3.05) is 46.4 Å². The lowest BCUT2D eigenvalue weighted by Gasteiger charge is -2.35. The largest absolute Gasteiger partial charge is 0.381 e. The molecule has 0 amide bonds. The summed E-state index contributed by atoms with van der Waals surface area (Å²) < 4.78 is 5.51. The van der Waals surface area contributed by atoms with Crippen molar-refractivity contribution in [2.24, 2.45) is 11.7 Å². The molecule has 2 aliphatic heterocycles. The van der Waals surface area contributed by atoms with E-state index in [0.29, 0.717) is 12.0 Å². The van der Waals surface area contributed by atoms with E-state index in [1.54, 1.807) is 0 Å². The molecule has 4 heteroatoms. The maximum absolute atomic E-state index is 5.98. The van der Waals surface area contributed by atoms with Gasteiger partial charge in [0.2, 0.25) is 0 Å². The van der Waals surface area contributed by atoms with Gasteiger partial charge in [0.05, 0.1) is 6.61 Å². The van der Waals surface area contributed by atoms with E-state index in [0.717, 1.165) is 32.3 Å². The number of likely N-dealkylation sites (tertiary alicyclic amines) is 1. The predicted octanol–water partition coefficient (Wildman–Crippen LogP) is 0.766. The molecule has 0 aromatic heterocycles. The van der Waals surface area contributed by atoms with E-state index in [4.69, 9.17) is 10.5 Å². The summed E-state index contributed by atoms with van der Waals surface area (Å²) in [5, 5.41) is 0. The molecule has 0 spiro atoms. The number of hydrogen-bond donors (Lipinski definition) is 1. The highest BCUT2D eigenvalue weighted by Gasteiger charge is 2.31. The molecule has 2 rings (SSSR count). The van der Waals surface area contributed by atoms with Crippen LogP contribution >= 0.6 is 0 Å². The van der Waals surface area contributed by atoms with Crippen LogP contribution in [0.2, 0.25) is 0 Å². The van der Waals surface area contributed by atoms with Crippen molar-refractivity contribution in [2.45, 2.75) is 38.3 Å². The van der Waals surface area contributed by atoms with Crippen LogP contribution in [0.25, 0.3) is 0 Å². The summed E-state index contributed by atoms with van der Waals surface area (Å²) in [7, 11) is 2.24. The molecule has 4 nitrogen and oxygen atoms in total. The van der Waals surface area contributed by atoms with E-state index in [-0.39, 0.29) is 0 Å². The second-order valence-corrected chi connectivity index (χ2v) is 5.79. The zero-order valence-electron chi connectivity index (χ0n) is 12.0. The number of likely N-dealkylation sites (N-methyl/N-ethyl adjacent to an activating group) is 2. The Morgan fingerprint density at radius 3 is 2.89 bits per heavy atom. The first-order valence-electron chi connectivity index (χ1n) is 7.48. The van der Waals surface area contributed by atoms with Crippen LogP contribution < -0.4 is 5.73 Å². The van der Waals surface area contributed by atoms with Gasteiger partial charge >= 0.3 is 0 Å². The van der Waals surface area contributed by atoms with Gasteiger partial charge in [-0.2, -0.15) is 0 Å². The number of rotatable bonds is 6. The van der Waals surface area contributed by atoms with Crippen LogP contribution in [0.5, 0.6) is 0 Å². The van der Waals surface area contributed by atoms with Gasteiger partial charge in [-0.25, -0.2) is 0 Å². The molecule has 0 aromatic rings. The third-order valence-electron chi connectivity index (χ3n) is 4.72. The highest BCUT2D eigenvalue weighted by Crippen LogP contribution is 2.23. The number of nitrogens with two attached hydrogens (primary N) is 1. The Morgan fingerprint density at radius 2 is 2.28 bits per heavy atom. The maximum Gasteiger partial charge on any atom is 0.0510 e. The van der Waals surface area contributed by atoms with Gasteiger partial charge in [0.1, 0.15) is 0 Å². The molecule has 3 atom stereocenters. The van der Waals surface area contributed by atoms with E-state index < -0.39 is 0 Å². The van der Waals surface area contributed by atoms with Crippen molar-refractivity contribution < 1.29 is 4.74 Å². The Kier molecular flexibility index (Phi) is 5.42. The first-order chi connectivity index (χ1) is 8.76. The smallest absolute Gasteiger partial charge is 0.0510 e. The standard InChI is InChI=1S/C14H29N3O/c1-3-17-7-4-5-13(17)10-16(2)14(9-15)12-6-8-18-11-12/h12-14H,3-11,15H2,1-2H3. The molecule has 0 aromatic carbocycles. The summed E-state index contributed by atoms with van der Waals surface area (Å²) >= 11 is 0. The van der Waals surface area contributed by atoms with Crippen LogP contribution in [-0.2, 0) is 4.74 Å². The lowest BCUT2D eigenvalue weighted by Crippen LogP contribution is -2.48. The second-order valence-electron chi connectivity index (χ2n) is 5.79. The predicted molar refractivity (Wildman–Crippen MR) is 74.7 cm³/mol. The van der Waals surface area contributed by atoms with Gasteiger partial charge < -0.3 is 15.4 Å². The normalized spacial score (nSPS) is 31.3. The van der Waals surface area contributed by atoms with Crippen LogP contribution in [0.3, 0.4) is 0 Å². The second kappa shape index (κ2) is 6.85. The number of nitrogens with zero attached hydrogens (tertiary/aromatic N) is 2. The highest BCUT2D eigenvalue weighted by atomic mass is 16.5. The third-order valence-corrected chi connectivity index (χ3v) is 4.72. The van der Waals surface area contributed by atoms with E-state index in [9.17, 15) is 0 Å². The number of ether oxygens (including phenoxy) is 1. The van der Waals surface area contributed by atoms with Crippen molar-refractivity contribution in [3.8, 4) is 0 Å². The third kappa shape index (κ3) is 3.23. The van der Waals surface area contributed by atoms with Crippen LogP contribution in [0.4, 0.5) is 0 Å². The Hall–Kier alpha value is -0.160. The summed E-state index contributed by atoms with van der Waals surface area (Å²) in [5.41, 5.74) is 5.98. The number of hydrogen-bond acceptors (Lipinski definition) is 4. The lowest BCUT2D eigenvalue weighted by molar-refractivity contribution is 0.115. The summed E-state index contributed by atoms with van der Waals surface area (Å²) in [4.78, 5) is 5.09. The summed E-state index contributed by atoms with van der Waals surface area (Å²) in [6.07, 6.45) is 3.87. The van der Waals surface area contributed by atoms with E-state index in [2.05, 4.69) is 23.8 Å². The molecule has 2 N–H and O–H groups in total. The molecule has 0 radical (unpaired) electrons. The van der Waals surface area contributed by atoms with Gasteiger partial charge in [0.15, 0.2) is 0 Å². The first-order valence-corrected chi connectivity index (χ1v) is 7.48.